The molecule has 2 heterocycles. The summed E-state index contributed by atoms with van der Waals surface area (Å²) in [5, 5.41) is 15.8. The summed E-state index contributed by atoms with van der Waals surface area (Å²) in [4.78, 5) is 16.4. The highest BCUT2D eigenvalue weighted by molar-refractivity contribution is 6.07. The minimum Gasteiger partial charge on any atom is -0.380 e. The Kier molecular flexibility index (Phi) is 4.05. The Bertz CT molecular complexity index is 742. The van der Waals surface area contributed by atoms with Crippen LogP contribution in [-0.4, -0.2) is 26.3 Å². The lowest BCUT2D eigenvalue weighted by atomic mass is 10.1. The first-order valence-corrected chi connectivity index (χ1v) is 6.72. The summed E-state index contributed by atoms with van der Waals surface area (Å²) in [5.74, 6) is 0.134. The van der Waals surface area contributed by atoms with E-state index in [0.29, 0.717) is 17.9 Å². The predicted octanol–water partition coefficient (Wildman–Crippen LogP) is 2.06. The second-order valence-electron chi connectivity index (χ2n) is 4.57. The number of carbonyl (C=O) groups is 1. The zero-order chi connectivity index (χ0) is 15.2. The summed E-state index contributed by atoms with van der Waals surface area (Å²) in [5.41, 5.74) is 2.32. The maximum absolute atomic E-state index is 12.3. The molecule has 2 aromatic heterocycles. The lowest BCUT2D eigenvalue weighted by molar-refractivity contribution is 0.102. The van der Waals surface area contributed by atoms with Gasteiger partial charge in [0.1, 0.15) is 0 Å². The Morgan fingerprint density at radius 1 is 1.14 bits per heavy atom. The molecule has 1 amide bonds. The first-order valence-electron chi connectivity index (χ1n) is 6.72. The molecule has 0 unspecified atom stereocenters. The lowest BCUT2D eigenvalue weighted by Crippen LogP contribution is -2.15. The average Bonchev–Trinajstić information content (AvgIpc) is 3.07. The minimum atomic E-state index is -0.247. The molecule has 0 aliphatic rings. The number of aromatic amines is 1. The van der Waals surface area contributed by atoms with Crippen LogP contribution in [0.2, 0.25) is 0 Å². The van der Waals surface area contributed by atoms with E-state index >= 15 is 0 Å². The van der Waals surface area contributed by atoms with Gasteiger partial charge in [0.2, 0.25) is 0 Å². The summed E-state index contributed by atoms with van der Waals surface area (Å²) in [7, 11) is 0. The third-order valence-electron chi connectivity index (χ3n) is 3.03. The number of nitrogens with zero attached hydrogens (tertiary/aromatic N) is 3. The number of anilines is 2. The highest BCUT2D eigenvalue weighted by Crippen LogP contribution is 2.17. The number of H-pyrrole nitrogens is 1. The van der Waals surface area contributed by atoms with Crippen molar-refractivity contribution in [3.63, 3.8) is 0 Å². The van der Waals surface area contributed by atoms with Gasteiger partial charge in [-0.3, -0.25) is 9.78 Å². The average molecular weight is 294 g/mol. The number of hydrogen-bond donors (Lipinski definition) is 3. The summed E-state index contributed by atoms with van der Waals surface area (Å²) >= 11 is 0. The molecule has 1 aromatic carbocycles. The molecule has 0 saturated heterocycles. The monoisotopic (exact) mass is 294 g/mol. The predicted molar refractivity (Wildman–Crippen MR) is 82.3 cm³/mol. The fourth-order valence-electron chi connectivity index (χ4n) is 1.98. The molecule has 0 spiro atoms. The number of benzene rings is 1. The van der Waals surface area contributed by atoms with Crippen molar-refractivity contribution in [3.05, 3.63) is 66.1 Å². The van der Waals surface area contributed by atoms with Crippen molar-refractivity contribution in [2.75, 3.05) is 10.6 Å². The highest BCUT2D eigenvalue weighted by Gasteiger charge is 2.12. The molecule has 0 fully saturated rings. The number of aromatic nitrogens is 4. The molecule has 0 saturated carbocycles. The van der Waals surface area contributed by atoms with Crippen molar-refractivity contribution in [2.24, 2.45) is 0 Å². The van der Waals surface area contributed by atoms with Gasteiger partial charge in [0.25, 0.3) is 5.91 Å². The molecule has 7 nitrogen and oxygen atoms in total. The van der Waals surface area contributed by atoms with Crippen LogP contribution >= 0.6 is 0 Å². The van der Waals surface area contributed by atoms with Crippen LogP contribution in [0.15, 0.2) is 55.0 Å². The van der Waals surface area contributed by atoms with Crippen molar-refractivity contribution < 1.29 is 4.79 Å². The molecule has 22 heavy (non-hydrogen) atoms. The highest BCUT2D eigenvalue weighted by atomic mass is 16.1. The van der Waals surface area contributed by atoms with Gasteiger partial charge < -0.3 is 10.6 Å². The summed E-state index contributed by atoms with van der Waals surface area (Å²) in [6.45, 7) is 0.585. The Morgan fingerprint density at radius 2 is 2.05 bits per heavy atom. The number of nitrogens with one attached hydrogen (secondary N) is 3. The number of hydrogen-bond acceptors (Lipinski definition) is 5. The van der Waals surface area contributed by atoms with Gasteiger partial charge in [-0.25, -0.2) is 0 Å². The number of para-hydroxylation sites is 1. The molecular formula is C15H14N6O. The van der Waals surface area contributed by atoms with E-state index in [-0.39, 0.29) is 5.91 Å². The van der Waals surface area contributed by atoms with Gasteiger partial charge in [-0.2, -0.15) is 10.3 Å². The molecule has 0 aliphatic heterocycles. The maximum atomic E-state index is 12.3. The molecule has 0 aliphatic carbocycles. The zero-order valence-corrected chi connectivity index (χ0v) is 11.7. The molecule has 0 radical (unpaired) electrons. The minimum absolute atomic E-state index is 0.247. The van der Waals surface area contributed by atoms with Crippen LogP contribution in [0.5, 0.6) is 0 Å². The number of rotatable bonds is 5. The molecule has 0 bridgehead atoms. The molecule has 3 N–H and O–H groups in total. The van der Waals surface area contributed by atoms with Crippen LogP contribution in [0.25, 0.3) is 0 Å². The quantitative estimate of drug-likeness (QED) is 0.669. The second kappa shape index (κ2) is 6.49. The van der Waals surface area contributed by atoms with Crippen LogP contribution in [0.1, 0.15) is 15.9 Å². The Labute approximate surface area is 126 Å². The van der Waals surface area contributed by atoms with E-state index < -0.39 is 0 Å². The third-order valence-corrected chi connectivity index (χ3v) is 3.03. The van der Waals surface area contributed by atoms with Crippen LogP contribution in [-0.2, 0) is 6.54 Å². The molecule has 0 atom stereocenters. The number of carbonyl (C=O) groups excluding carboxylic acids is 1. The summed E-state index contributed by atoms with van der Waals surface area (Å²) in [6, 6.07) is 11.1. The molecular weight excluding hydrogens is 280 g/mol. The molecule has 110 valence electrons. The van der Waals surface area contributed by atoms with E-state index in [1.54, 1.807) is 18.5 Å². The SMILES string of the molecule is O=C(Nc1cn[nH]n1)c1ccccc1NCc1cccnc1. The van der Waals surface area contributed by atoms with Gasteiger partial charge >= 0.3 is 0 Å². The third kappa shape index (κ3) is 3.26. The van der Waals surface area contributed by atoms with Crippen molar-refractivity contribution in [1.29, 1.82) is 0 Å². The lowest BCUT2D eigenvalue weighted by Gasteiger charge is -2.11. The smallest absolute Gasteiger partial charge is 0.259 e. The molecule has 7 heteroatoms. The van der Waals surface area contributed by atoms with Crippen molar-refractivity contribution in [1.82, 2.24) is 20.4 Å². The topological polar surface area (TPSA) is 95.6 Å². The van der Waals surface area contributed by atoms with E-state index in [2.05, 4.69) is 31.0 Å². The van der Waals surface area contributed by atoms with E-state index in [1.165, 1.54) is 6.20 Å². The van der Waals surface area contributed by atoms with E-state index in [0.717, 1.165) is 11.3 Å². The van der Waals surface area contributed by atoms with Gasteiger partial charge in [-0.1, -0.05) is 18.2 Å². The van der Waals surface area contributed by atoms with Gasteiger partial charge in [-0.05, 0) is 23.8 Å². The van der Waals surface area contributed by atoms with Gasteiger partial charge in [0.15, 0.2) is 5.82 Å². The normalized spacial score (nSPS) is 10.2. The van der Waals surface area contributed by atoms with Crippen LogP contribution < -0.4 is 10.6 Å². The van der Waals surface area contributed by atoms with E-state index in [9.17, 15) is 4.79 Å². The number of amides is 1. The second-order valence-corrected chi connectivity index (χ2v) is 4.57. The van der Waals surface area contributed by atoms with Crippen molar-refractivity contribution in [3.8, 4) is 0 Å². The van der Waals surface area contributed by atoms with E-state index in [4.69, 9.17) is 0 Å². The largest absolute Gasteiger partial charge is 0.380 e. The molecule has 3 aromatic rings. The fraction of sp³-hybridized carbons (Fsp3) is 0.0667. The van der Waals surface area contributed by atoms with Gasteiger partial charge in [-0.15, -0.1) is 5.10 Å². The van der Waals surface area contributed by atoms with Crippen LogP contribution in [0.4, 0.5) is 11.5 Å². The van der Waals surface area contributed by atoms with Gasteiger partial charge in [0, 0.05) is 24.6 Å². The maximum Gasteiger partial charge on any atom is 0.259 e. The Hall–Kier alpha value is -3.22. The first kappa shape index (κ1) is 13.7. The van der Waals surface area contributed by atoms with Crippen molar-refractivity contribution in [2.45, 2.75) is 6.54 Å². The summed E-state index contributed by atoms with van der Waals surface area (Å²) in [6.07, 6.45) is 4.96. The fourth-order valence-corrected chi connectivity index (χ4v) is 1.98. The number of pyridine rings is 1. The van der Waals surface area contributed by atoms with E-state index in [1.807, 2.05) is 30.3 Å². The zero-order valence-electron chi connectivity index (χ0n) is 11.7. The van der Waals surface area contributed by atoms with Crippen LogP contribution in [0.3, 0.4) is 0 Å². The van der Waals surface area contributed by atoms with Crippen molar-refractivity contribution >= 4 is 17.4 Å². The van der Waals surface area contributed by atoms with Gasteiger partial charge in [0.05, 0.1) is 11.8 Å². The molecule has 3 rings (SSSR count). The standard InChI is InChI=1S/C15H14N6O/c22-15(19-14-10-18-21-20-14)12-5-1-2-6-13(12)17-9-11-4-3-7-16-8-11/h1-8,10,17H,9H2,(H2,18,19,20,21,22). The first-order chi connectivity index (χ1) is 10.8. The Morgan fingerprint density at radius 3 is 2.82 bits per heavy atom. The summed E-state index contributed by atoms with van der Waals surface area (Å²) < 4.78 is 0. The Balaban J connectivity index is 1.73. The van der Waals surface area contributed by atoms with Crippen LogP contribution in [0, 0.1) is 0 Å².